The number of rotatable bonds is 48. The number of carboxylic acid groups (broad SMARTS) is 3. The van der Waals surface area contributed by atoms with Gasteiger partial charge in [-0.1, -0.05) is 290 Å². The van der Waals surface area contributed by atoms with Crippen LogP contribution >= 0.6 is 0 Å². The van der Waals surface area contributed by atoms with E-state index in [1.165, 1.54) is 250 Å². The largest absolute Gasteiger partial charge is 2.00 e. The van der Waals surface area contributed by atoms with Crippen molar-refractivity contribution in [2.75, 3.05) is 0 Å². The van der Waals surface area contributed by atoms with Crippen LogP contribution in [0.25, 0.3) is 0 Å². The summed E-state index contributed by atoms with van der Waals surface area (Å²) >= 11 is 0. The minimum atomic E-state index is -0.903. The van der Waals surface area contributed by atoms with Crippen LogP contribution in [0.2, 0.25) is 0 Å². The van der Waals surface area contributed by atoms with E-state index in [1.807, 2.05) is 0 Å². The van der Waals surface area contributed by atoms with Gasteiger partial charge in [-0.2, -0.15) is 0 Å². The van der Waals surface area contributed by atoms with Crippen LogP contribution in [0.5, 0.6) is 0 Å². The van der Waals surface area contributed by atoms with Crippen LogP contribution in [-0.2, 0) is 14.4 Å². The minimum absolute atomic E-state index is 0. The van der Waals surface area contributed by atoms with E-state index < -0.39 is 17.9 Å². The van der Waals surface area contributed by atoms with Crippen molar-refractivity contribution in [2.45, 2.75) is 329 Å². The molecule has 0 unspecified atom stereocenters. The second-order valence-corrected chi connectivity index (χ2v) is 18.2. The van der Waals surface area contributed by atoms with Gasteiger partial charge in [0.1, 0.15) is 0 Å². The Morgan fingerprint density at radius 1 is 0.230 bits per heavy atom. The first kappa shape index (κ1) is 66.8. The molecular formula is C54H106MgO6. The van der Waals surface area contributed by atoms with Crippen LogP contribution in [0.3, 0.4) is 0 Å². The maximum Gasteiger partial charge on any atom is 2.00 e. The number of carbonyl (C=O) groups excluding carboxylic acids is 3. The van der Waals surface area contributed by atoms with Crippen LogP contribution in [0.15, 0.2) is 0 Å². The van der Waals surface area contributed by atoms with Crippen LogP contribution in [0.4, 0.5) is 0 Å². The van der Waals surface area contributed by atoms with E-state index in [-0.39, 0.29) is 43.7 Å². The first-order valence-corrected chi connectivity index (χ1v) is 26.9. The second kappa shape index (κ2) is 63.5. The molecule has 6 nitrogen and oxygen atoms in total. The predicted molar refractivity (Wildman–Crippen MR) is 261 cm³/mol. The van der Waals surface area contributed by atoms with E-state index in [4.69, 9.17) is 0 Å². The SMILES string of the molecule is CCCCCCCCCCCCCCCCCC(=O)[O-].CCCCCCCCCCCCCCCCCC(=O)[O-].CCCCCCCCCCCCCCCCCC(=O)[O-].[H+].[Mg+2]. The standard InChI is InChI=1S/3C18H36O2.Mg/c3*1-2-3-4-5-6-7-8-9-10-11-12-13-14-15-16-17-18(19)20;/h3*2-17H2,1H3,(H,19,20);/q;;;+2/p-2. The molecule has 0 amide bonds. The Morgan fingerprint density at radius 3 is 0.426 bits per heavy atom. The zero-order valence-corrected chi connectivity index (χ0v) is 43.0. The van der Waals surface area contributed by atoms with Crippen molar-refractivity contribution in [1.29, 1.82) is 0 Å². The molecule has 0 bridgehead atoms. The Hall–Kier alpha value is -0.824. The maximum absolute atomic E-state index is 10.2. The van der Waals surface area contributed by atoms with Crippen molar-refractivity contribution < 1.29 is 31.1 Å². The van der Waals surface area contributed by atoms with Gasteiger partial charge in [-0.3, -0.25) is 0 Å². The van der Waals surface area contributed by atoms with Gasteiger partial charge in [-0.05, 0) is 38.5 Å². The van der Waals surface area contributed by atoms with E-state index in [2.05, 4.69) is 20.8 Å². The van der Waals surface area contributed by atoms with Crippen LogP contribution < -0.4 is 15.3 Å². The van der Waals surface area contributed by atoms with E-state index >= 15 is 0 Å². The molecule has 0 fully saturated rings. The average molecular weight is 876 g/mol. The third-order valence-corrected chi connectivity index (χ3v) is 12.0. The van der Waals surface area contributed by atoms with Gasteiger partial charge in [0.25, 0.3) is 0 Å². The molecule has 360 valence electrons. The Bertz CT molecular complexity index is 724. The van der Waals surface area contributed by atoms with Crippen molar-refractivity contribution in [3.05, 3.63) is 0 Å². The number of carboxylic acids is 3. The molecule has 0 rings (SSSR count). The predicted octanol–water partition coefficient (Wildman–Crippen LogP) is 14.7. The molecule has 0 heterocycles. The normalized spacial score (nSPS) is 10.7. The van der Waals surface area contributed by atoms with Gasteiger partial charge in [-0.25, -0.2) is 0 Å². The Labute approximate surface area is 399 Å². The van der Waals surface area contributed by atoms with Gasteiger partial charge < -0.3 is 29.7 Å². The van der Waals surface area contributed by atoms with Gasteiger partial charge in [0.2, 0.25) is 0 Å². The first-order chi connectivity index (χ1) is 29.3. The number of aliphatic carboxylic acids is 3. The van der Waals surface area contributed by atoms with Gasteiger partial charge >= 0.3 is 24.5 Å². The van der Waals surface area contributed by atoms with Crippen molar-refractivity contribution in [1.82, 2.24) is 0 Å². The third kappa shape index (κ3) is 76.8. The molecule has 0 aromatic carbocycles. The molecule has 0 saturated heterocycles. The molecule has 0 saturated carbocycles. The monoisotopic (exact) mass is 875 g/mol. The quantitative estimate of drug-likeness (QED) is 0.0443. The van der Waals surface area contributed by atoms with E-state index in [0.717, 1.165) is 38.5 Å². The molecule has 0 spiro atoms. The Kier molecular flexibility index (Phi) is 69.5. The summed E-state index contributed by atoms with van der Waals surface area (Å²) in [5.74, 6) is -2.71. The molecule has 7 heteroatoms. The molecule has 0 radical (unpaired) electrons. The van der Waals surface area contributed by atoms with Crippen molar-refractivity contribution in [3.8, 4) is 0 Å². The third-order valence-electron chi connectivity index (χ3n) is 12.0. The number of hydrogen-bond donors (Lipinski definition) is 0. The minimum Gasteiger partial charge on any atom is -0.550 e. The fraction of sp³-hybridized carbons (Fsp3) is 0.944. The molecule has 0 aromatic rings. The second-order valence-electron chi connectivity index (χ2n) is 18.2. The number of carbonyl (C=O) groups is 3. The zero-order chi connectivity index (χ0) is 44.7. The van der Waals surface area contributed by atoms with Gasteiger partial charge in [0.05, 0.1) is 0 Å². The molecule has 0 aromatic heterocycles. The Morgan fingerprint density at radius 2 is 0.328 bits per heavy atom. The molecule has 0 aliphatic rings. The smallest absolute Gasteiger partial charge is 0.550 e. The van der Waals surface area contributed by atoms with Crippen LogP contribution in [-0.4, -0.2) is 41.0 Å². The summed E-state index contributed by atoms with van der Waals surface area (Å²) in [6.07, 6.45) is 59.6. The molecular weight excluding hydrogens is 769 g/mol. The number of unbranched alkanes of at least 4 members (excludes halogenated alkanes) is 42. The summed E-state index contributed by atoms with van der Waals surface area (Å²) in [5, 5.41) is 30.7. The van der Waals surface area contributed by atoms with Gasteiger partial charge in [0.15, 0.2) is 0 Å². The summed E-state index contributed by atoms with van der Waals surface area (Å²) in [6, 6.07) is 0. The van der Waals surface area contributed by atoms with Gasteiger partial charge in [0, 0.05) is 17.9 Å². The average Bonchev–Trinajstić information content (AvgIpc) is 3.22. The van der Waals surface area contributed by atoms with Crippen LogP contribution in [0, 0.1) is 0 Å². The fourth-order valence-corrected chi connectivity index (χ4v) is 7.92. The maximum atomic E-state index is 10.2. The van der Waals surface area contributed by atoms with Crippen molar-refractivity contribution >= 4 is 41.0 Å². The van der Waals surface area contributed by atoms with E-state index in [9.17, 15) is 29.7 Å². The van der Waals surface area contributed by atoms with Crippen molar-refractivity contribution in [2.24, 2.45) is 0 Å². The van der Waals surface area contributed by atoms with E-state index in [0.29, 0.717) is 0 Å². The zero-order valence-electron chi connectivity index (χ0n) is 42.6. The van der Waals surface area contributed by atoms with E-state index in [1.54, 1.807) is 0 Å². The fourth-order valence-electron chi connectivity index (χ4n) is 7.92. The molecule has 0 aliphatic carbocycles. The number of hydrogen-bond acceptors (Lipinski definition) is 6. The van der Waals surface area contributed by atoms with Crippen molar-refractivity contribution in [3.63, 3.8) is 0 Å². The molecule has 0 N–H and O–H groups in total. The van der Waals surface area contributed by atoms with Crippen LogP contribution in [0.1, 0.15) is 330 Å². The topological polar surface area (TPSA) is 120 Å². The molecule has 61 heavy (non-hydrogen) atoms. The molecule has 0 aliphatic heterocycles. The summed E-state index contributed by atoms with van der Waals surface area (Å²) in [7, 11) is 0. The first-order valence-electron chi connectivity index (χ1n) is 26.9. The summed E-state index contributed by atoms with van der Waals surface area (Å²) in [6.45, 7) is 6.80. The molecule has 0 atom stereocenters. The van der Waals surface area contributed by atoms with Gasteiger partial charge in [-0.15, -0.1) is 0 Å². The summed E-state index contributed by atoms with van der Waals surface area (Å²) < 4.78 is 0. The summed E-state index contributed by atoms with van der Waals surface area (Å²) in [4.78, 5) is 30.7. The Balaban J connectivity index is -0.000000258. The summed E-state index contributed by atoms with van der Waals surface area (Å²) in [5.41, 5.74) is 0.